The zero-order valence-electron chi connectivity index (χ0n) is 12.9. The predicted molar refractivity (Wildman–Crippen MR) is 86.7 cm³/mol. The van der Waals surface area contributed by atoms with E-state index in [0.717, 1.165) is 0 Å². The summed E-state index contributed by atoms with van der Waals surface area (Å²) in [5, 5.41) is 13.7. The molecule has 0 aliphatic carbocycles. The molecule has 1 rings (SSSR count). The largest absolute Gasteiger partial charge is 0.497 e. The number of benzene rings is 1. The van der Waals surface area contributed by atoms with Crippen LogP contribution < -0.4 is 15.8 Å². The SMILES string of the molecule is CCC(N)(CC)CNC(=O)c1cc(OC)ccc1[N+](=O)[O-].Cl. The summed E-state index contributed by atoms with van der Waals surface area (Å²) in [6.07, 6.45) is 1.40. The molecule has 0 aliphatic rings. The molecule has 1 aromatic carbocycles. The molecule has 1 aromatic rings. The van der Waals surface area contributed by atoms with Crippen LogP contribution >= 0.6 is 12.4 Å². The van der Waals surface area contributed by atoms with E-state index in [4.69, 9.17) is 10.5 Å². The minimum atomic E-state index is -0.594. The summed E-state index contributed by atoms with van der Waals surface area (Å²) in [6.45, 7) is 4.13. The van der Waals surface area contributed by atoms with E-state index in [-0.39, 0.29) is 30.2 Å². The third-order valence-electron chi connectivity index (χ3n) is 3.65. The lowest BCUT2D eigenvalue weighted by Gasteiger charge is -2.26. The van der Waals surface area contributed by atoms with Gasteiger partial charge in [0.05, 0.1) is 12.0 Å². The fourth-order valence-corrected chi connectivity index (χ4v) is 1.83. The van der Waals surface area contributed by atoms with E-state index in [9.17, 15) is 14.9 Å². The van der Waals surface area contributed by atoms with Crippen LogP contribution in [0.1, 0.15) is 37.0 Å². The van der Waals surface area contributed by atoms with E-state index in [2.05, 4.69) is 5.32 Å². The molecule has 1 amide bonds. The zero-order chi connectivity index (χ0) is 16.0. The van der Waals surface area contributed by atoms with Crippen LogP contribution in [0.5, 0.6) is 5.75 Å². The molecule has 0 saturated heterocycles. The van der Waals surface area contributed by atoms with E-state index in [0.29, 0.717) is 18.6 Å². The second kappa shape index (κ2) is 8.55. The van der Waals surface area contributed by atoms with Gasteiger partial charge in [0.25, 0.3) is 11.6 Å². The van der Waals surface area contributed by atoms with E-state index in [1.165, 1.54) is 25.3 Å². The van der Waals surface area contributed by atoms with Crippen molar-refractivity contribution in [1.29, 1.82) is 0 Å². The lowest BCUT2D eigenvalue weighted by Crippen LogP contribution is -2.49. The van der Waals surface area contributed by atoms with E-state index in [1.54, 1.807) is 0 Å². The molecule has 0 unspecified atom stereocenters. The van der Waals surface area contributed by atoms with E-state index < -0.39 is 16.4 Å². The number of amides is 1. The monoisotopic (exact) mass is 331 g/mol. The summed E-state index contributed by atoms with van der Waals surface area (Å²) in [4.78, 5) is 22.6. The van der Waals surface area contributed by atoms with Crippen molar-refractivity contribution < 1.29 is 14.5 Å². The number of halogens is 1. The molecule has 0 saturated carbocycles. The normalized spacial score (nSPS) is 10.5. The van der Waals surface area contributed by atoms with Gasteiger partial charge in [-0.1, -0.05) is 13.8 Å². The summed E-state index contributed by atoms with van der Waals surface area (Å²) in [6, 6.07) is 4.05. The van der Waals surface area contributed by atoms with Crippen LogP contribution in [0.25, 0.3) is 0 Å². The number of nitro benzene ring substituents is 1. The fourth-order valence-electron chi connectivity index (χ4n) is 1.83. The van der Waals surface area contributed by atoms with Crippen LogP contribution in [0, 0.1) is 10.1 Å². The predicted octanol–water partition coefficient (Wildman–Crippen LogP) is 2.27. The summed E-state index contributed by atoms with van der Waals surface area (Å²) in [5.41, 5.74) is 5.30. The van der Waals surface area contributed by atoms with Crippen molar-refractivity contribution >= 4 is 24.0 Å². The third-order valence-corrected chi connectivity index (χ3v) is 3.65. The standard InChI is InChI=1S/C14H21N3O4.ClH/c1-4-14(15,5-2)9-16-13(18)11-8-10(21-3)6-7-12(11)17(19)20;/h6-8H,4-5,9,15H2,1-3H3,(H,16,18);1H. The van der Waals surface area contributed by atoms with Crippen molar-refractivity contribution in [3.05, 3.63) is 33.9 Å². The number of hydrogen-bond acceptors (Lipinski definition) is 5. The maximum atomic E-state index is 12.2. The van der Waals surface area contributed by atoms with Crippen molar-refractivity contribution in [2.45, 2.75) is 32.2 Å². The zero-order valence-corrected chi connectivity index (χ0v) is 13.7. The maximum absolute atomic E-state index is 12.2. The molecule has 0 atom stereocenters. The highest BCUT2D eigenvalue weighted by Crippen LogP contribution is 2.24. The first kappa shape index (κ1) is 20.1. The van der Waals surface area contributed by atoms with Gasteiger partial charge in [-0.15, -0.1) is 12.4 Å². The number of rotatable bonds is 7. The van der Waals surface area contributed by atoms with Gasteiger partial charge in [-0.3, -0.25) is 14.9 Å². The Morgan fingerprint density at radius 2 is 2.00 bits per heavy atom. The molecule has 0 fully saturated rings. The molecule has 0 radical (unpaired) electrons. The van der Waals surface area contributed by atoms with Crippen molar-refractivity contribution in [3.8, 4) is 5.75 Å². The molecule has 0 bridgehead atoms. The number of methoxy groups -OCH3 is 1. The smallest absolute Gasteiger partial charge is 0.282 e. The minimum Gasteiger partial charge on any atom is -0.497 e. The Balaban J connectivity index is 0.00000441. The minimum absolute atomic E-state index is 0. The molecule has 7 nitrogen and oxygen atoms in total. The summed E-state index contributed by atoms with van der Waals surface area (Å²) >= 11 is 0. The number of hydrogen-bond donors (Lipinski definition) is 2. The summed E-state index contributed by atoms with van der Waals surface area (Å²) < 4.78 is 5.00. The quantitative estimate of drug-likeness (QED) is 0.588. The average molecular weight is 332 g/mol. The van der Waals surface area contributed by atoms with Crippen molar-refractivity contribution in [2.75, 3.05) is 13.7 Å². The molecule has 0 aromatic heterocycles. The highest BCUT2D eigenvalue weighted by molar-refractivity contribution is 5.98. The Bertz CT molecular complexity index is 533. The Morgan fingerprint density at radius 1 is 1.41 bits per heavy atom. The molecular weight excluding hydrogens is 310 g/mol. The van der Waals surface area contributed by atoms with Gasteiger partial charge in [-0.2, -0.15) is 0 Å². The Morgan fingerprint density at radius 3 is 2.45 bits per heavy atom. The van der Waals surface area contributed by atoms with Crippen LogP contribution in [0.4, 0.5) is 5.69 Å². The number of ether oxygens (including phenoxy) is 1. The van der Waals surface area contributed by atoms with Crippen LogP contribution in [0.15, 0.2) is 18.2 Å². The van der Waals surface area contributed by atoms with Crippen molar-refractivity contribution in [1.82, 2.24) is 5.32 Å². The van der Waals surface area contributed by atoms with E-state index in [1.807, 2.05) is 13.8 Å². The highest BCUT2D eigenvalue weighted by Gasteiger charge is 2.25. The number of nitrogens with zero attached hydrogens (tertiary/aromatic N) is 1. The second-order valence-electron chi connectivity index (χ2n) is 4.89. The molecule has 22 heavy (non-hydrogen) atoms. The van der Waals surface area contributed by atoms with Gasteiger partial charge < -0.3 is 15.8 Å². The average Bonchev–Trinajstić information content (AvgIpc) is 2.51. The molecule has 124 valence electrons. The number of carbonyl (C=O) groups excluding carboxylic acids is 1. The molecule has 0 heterocycles. The Labute approximate surface area is 135 Å². The maximum Gasteiger partial charge on any atom is 0.282 e. The summed E-state index contributed by atoms with van der Waals surface area (Å²) in [7, 11) is 1.43. The van der Waals surface area contributed by atoms with Gasteiger partial charge in [0, 0.05) is 18.2 Å². The Hall–Kier alpha value is -1.86. The lowest BCUT2D eigenvalue weighted by molar-refractivity contribution is -0.385. The van der Waals surface area contributed by atoms with E-state index >= 15 is 0 Å². The lowest BCUT2D eigenvalue weighted by atomic mass is 9.94. The number of nitrogens with two attached hydrogens (primary N) is 1. The molecule has 8 heteroatoms. The number of nitro groups is 1. The number of carbonyl (C=O) groups is 1. The van der Waals surface area contributed by atoms with Gasteiger partial charge in [-0.25, -0.2) is 0 Å². The van der Waals surface area contributed by atoms with Gasteiger partial charge in [0.2, 0.25) is 0 Å². The first-order chi connectivity index (χ1) is 9.86. The fraction of sp³-hybridized carbons (Fsp3) is 0.500. The van der Waals surface area contributed by atoms with Gasteiger partial charge in [0.15, 0.2) is 0 Å². The second-order valence-corrected chi connectivity index (χ2v) is 4.89. The third kappa shape index (κ3) is 4.85. The van der Waals surface area contributed by atoms with Crippen LogP contribution in [-0.4, -0.2) is 30.0 Å². The molecule has 0 aliphatic heterocycles. The van der Waals surface area contributed by atoms with Crippen molar-refractivity contribution in [2.24, 2.45) is 5.73 Å². The van der Waals surface area contributed by atoms with Gasteiger partial charge in [0.1, 0.15) is 11.3 Å². The summed E-state index contributed by atoms with van der Waals surface area (Å²) in [5.74, 6) is -0.145. The van der Waals surface area contributed by atoms with Gasteiger partial charge in [-0.05, 0) is 25.0 Å². The first-order valence-corrected chi connectivity index (χ1v) is 6.76. The van der Waals surface area contributed by atoms with Crippen molar-refractivity contribution in [3.63, 3.8) is 0 Å². The van der Waals surface area contributed by atoms with Gasteiger partial charge >= 0.3 is 0 Å². The first-order valence-electron chi connectivity index (χ1n) is 6.76. The molecule has 0 spiro atoms. The van der Waals surface area contributed by atoms with Crippen LogP contribution in [0.2, 0.25) is 0 Å². The highest BCUT2D eigenvalue weighted by atomic mass is 35.5. The topological polar surface area (TPSA) is 107 Å². The van der Waals surface area contributed by atoms with Crippen LogP contribution in [-0.2, 0) is 0 Å². The molecular formula is C14H22ClN3O4. The molecule has 3 N–H and O–H groups in total. The number of nitrogens with one attached hydrogen (secondary N) is 1. The Kier molecular flexibility index (Phi) is 7.83. The van der Waals surface area contributed by atoms with Crippen LogP contribution in [0.3, 0.4) is 0 Å².